The van der Waals surface area contributed by atoms with Gasteiger partial charge in [0.2, 0.25) is 0 Å². The molecule has 424 valence electrons. The Bertz CT molecular complexity index is 681. The minimum absolute atomic E-state index is 0.997. The fraction of sp³-hybridized carbons (Fsp3) is 1.00. The molecule has 0 saturated heterocycles. The van der Waals surface area contributed by atoms with Crippen LogP contribution in [0.3, 0.4) is 0 Å². The molecule has 0 aromatic rings. The van der Waals surface area contributed by atoms with Gasteiger partial charge >= 0.3 is 0 Å². The van der Waals surface area contributed by atoms with E-state index in [4.69, 9.17) is 9.47 Å². The van der Waals surface area contributed by atoms with Crippen LogP contribution in [0.2, 0.25) is 0 Å². The summed E-state index contributed by atoms with van der Waals surface area (Å²) in [4.78, 5) is 0. The topological polar surface area (TPSA) is 18.5 Å². The molecule has 0 radical (unpaired) electrons. The van der Waals surface area contributed by atoms with E-state index >= 15 is 0 Å². The van der Waals surface area contributed by atoms with Crippen LogP contribution in [-0.4, -0.2) is 26.4 Å². The Balaban J connectivity index is 0. The van der Waals surface area contributed by atoms with Crippen LogP contribution in [0, 0.1) is 0 Å². The smallest absolute Gasteiger partial charge is 0.0466 e. The minimum atomic E-state index is 0.997. The average Bonchev–Trinajstić information content (AvgIpc) is 3.37. The maximum Gasteiger partial charge on any atom is 0.0466 e. The van der Waals surface area contributed by atoms with E-state index in [1.54, 1.807) is 0 Å². The highest BCUT2D eigenvalue weighted by atomic mass is 16.5. The van der Waals surface area contributed by atoms with Crippen LogP contribution in [-0.2, 0) is 9.47 Å². The highest BCUT2D eigenvalue weighted by molar-refractivity contribution is 4.54. The first-order valence-electron chi connectivity index (χ1n) is 34.0. The molecule has 0 fully saturated rings. The van der Waals surface area contributed by atoms with Gasteiger partial charge in [-0.15, -0.1) is 0 Å². The zero-order chi connectivity index (χ0) is 50.7. The molecule has 0 spiro atoms. The summed E-state index contributed by atoms with van der Waals surface area (Å²) in [6.45, 7) is 13.2. The summed E-state index contributed by atoms with van der Waals surface area (Å²) >= 11 is 0. The van der Waals surface area contributed by atoms with E-state index in [1.165, 1.54) is 385 Å². The third-order valence-electron chi connectivity index (χ3n) is 15.6. The maximum atomic E-state index is 5.86. The lowest BCUT2D eigenvalue weighted by molar-refractivity contribution is 0.125. The van der Waals surface area contributed by atoms with Gasteiger partial charge in [-0.3, -0.25) is 0 Å². The Morgan fingerprint density at radius 1 is 0.114 bits per heavy atom. The Morgan fingerprint density at radius 2 is 0.200 bits per heavy atom. The molecule has 2 heteroatoms. The van der Waals surface area contributed by atoms with Gasteiger partial charge in [0.25, 0.3) is 0 Å². The fourth-order valence-corrected chi connectivity index (χ4v) is 10.5. The van der Waals surface area contributed by atoms with Crippen molar-refractivity contribution in [1.82, 2.24) is 0 Å². The zero-order valence-corrected chi connectivity index (χ0v) is 50.1. The van der Waals surface area contributed by atoms with Gasteiger partial charge in [0.05, 0.1) is 0 Å². The third-order valence-corrected chi connectivity index (χ3v) is 15.6. The molecular formula is C68H140O2. The third kappa shape index (κ3) is 74.4. The standard InChI is InChI=1S/2C34H70O/c2*1-3-5-7-9-11-13-15-17-19-20-22-24-26-28-30-32-34-35-33-31-29-27-25-23-21-18-16-14-12-10-8-6-4-2/h2*3-34H2,1-2H3. The summed E-state index contributed by atoms with van der Waals surface area (Å²) in [5.74, 6) is 0. The van der Waals surface area contributed by atoms with E-state index in [1.807, 2.05) is 0 Å². The van der Waals surface area contributed by atoms with E-state index in [9.17, 15) is 0 Å². The summed E-state index contributed by atoms with van der Waals surface area (Å²) in [7, 11) is 0. The second-order valence-corrected chi connectivity index (χ2v) is 23.0. The molecule has 0 rings (SSSR count). The van der Waals surface area contributed by atoms with Gasteiger partial charge in [0.15, 0.2) is 0 Å². The van der Waals surface area contributed by atoms with E-state index in [2.05, 4.69) is 27.7 Å². The molecule has 0 heterocycles. The second-order valence-electron chi connectivity index (χ2n) is 23.0. The van der Waals surface area contributed by atoms with Gasteiger partial charge in [-0.1, -0.05) is 387 Å². The molecule has 0 N–H and O–H groups in total. The lowest BCUT2D eigenvalue weighted by Crippen LogP contribution is -1.97. The predicted octanol–water partition coefficient (Wildman–Crippen LogP) is 25.5. The van der Waals surface area contributed by atoms with E-state index in [-0.39, 0.29) is 0 Å². The first-order valence-corrected chi connectivity index (χ1v) is 34.0. The van der Waals surface area contributed by atoms with Crippen molar-refractivity contribution in [3.8, 4) is 0 Å². The van der Waals surface area contributed by atoms with Gasteiger partial charge in [-0.2, -0.15) is 0 Å². The van der Waals surface area contributed by atoms with Crippen molar-refractivity contribution < 1.29 is 9.47 Å². The second kappa shape index (κ2) is 73.2. The van der Waals surface area contributed by atoms with Crippen molar-refractivity contribution in [2.45, 2.75) is 413 Å². The monoisotopic (exact) mass is 989 g/mol. The van der Waals surface area contributed by atoms with Crippen LogP contribution in [0.5, 0.6) is 0 Å². The predicted molar refractivity (Wildman–Crippen MR) is 321 cm³/mol. The molecule has 0 amide bonds. The number of ether oxygens (including phenoxy) is 2. The summed E-state index contributed by atoms with van der Waals surface area (Å²) < 4.78 is 11.7. The molecular weight excluding hydrogens is 849 g/mol. The van der Waals surface area contributed by atoms with Crippen LogP contribution < -0.4 is 0 Å². The molecule has 0 atom stereocenters. The van der Waals surface area contributed by atoms with Crippen LogP contribution >= 0.6 is 0 Å². The van der Waals surface area contributed by atoms with Crippen molar-refractivity contribution in [2.75, 3.05) is 26.4 Å². The highest BCUT2D eigenvalue weighted by Gasteiger charge is 2.00. The largest absolute Gasteiger partial charge is 0.381 e. The lowest BCUT2D eigenvalue weighted by Gasteiger charge is -2.05. The Morgan fingerprint density at radius 3 is 0.300 bits per heavy atom. The van der Waals surface area contributed by atoms with Gasteiger partial charge in [-0.25, -0.2) is 0 Å². The molecule has 0 saturated carbocycles. The van der Waals surface area contributed by atoms with Crippen molar-refractivity contribution in [3.63, 3.8) is 0 Å². The van der Waals surface area contributed by atoms with E-state index < -0.39 is 0 Å². The van der Waals surface area contributed by atoms with Gasteiger partial charge < -0.3 is 9.47 Å². The quantitative estimate of drug-likeness (QED) is 0.0566. The molecule has 2 nitrogen and oxygen atoms in total. The number of rotatable bonds is 64. The number of unbranched alkanes of at least 4 members (excludes halogenated alkanes) is 56. The fourth-order valence-electron chi connectivity index (χ4n) is 10.5. The molecule has 0 aromatic carbocycles. The highest BCUT2D eigenvalue weighted by Crippen LogP contribution is 2.18. The SMILES string of the molecule is CCCCCCCCCCCCCCCCCCOCCCCCCCCCCCCCCCC.CCCCCCCCCCCCCCCCCCOCCCCCCCCCCCCCCCC. The summed E-state index contributed by atoms with van der Waals surface area (Å²) in [6, 6.07) is 0. The van der Waals surface area contributed by atoms with Gasteiger partial charge in [0, 0.05) is 26.4 Å². The van der Waals surface area contributed by atoms with Crippen molar-refractivity contribution in [2.24, 2.45) is 0 Å². The van der Waals surface area contributed by atoms with Crippen LogP contribution in [0.4, 0.5) is 0 Å². The average molecular weight is 990 g/mol. The molecule has 0 unspecified atom stereocenters. The molecule has 70 heavy (non-hydrogen) atoms. The summed E-state index contributed by atoms with van der Waals surface area (Å²) in [5.41, 5.74) is 0. The van der Waals surface area contributed by atoms with Gasteiger partial charge in [-0.05, 0) is 25.7 Å². The Labute approximate surface area is 446 Å². The molecule has 0 aliphatic carbocycles. The zero-order valence-electron chi connectivity index (χ0n) is 50.1. The Kier molecular flexibility index (Phi) is 75.2. The molecule has 0 bridgehead atoms. The van der Waals surface area contributed by atoms with Crippen molar-refractivity contribution in [3.05, 3.63) is 0 Å². The lowest BCUT2D eigenvalue weighted by atomic mass is 10.0. The number of hydrogen-bond donors (Lipinski definition) is 0. The summed E-state index contributed by atoms with van der Waals surface area (Å²) in [6.07, 6.45) is 86.1. The van der Waals surface area contributed by atoms with Gasteiger partial charge in [0.1, 0.15) is 0 Å². The normalized spacial score (nSPS) is 11.5. The summed E-state index contributed by atoms with van der Waals surface area (Å²) in [5, 5.41) is 0. The van der Waals surface area contributed by atoms with Crippen LogP contribution in [0.15, 0.2) is 0 Å². The maximum absolute atomic E-state index is 5.86. The van der Waals surface area contributed by atoms with Crippen molar-refractivity contribution >= 4 is 0 Å². The minimum Gasteiger partial charge on any atom is -0.381 e. The van der Waals surface area contributed by atoms with E-state index in [0.29, 0.717) is 0 Å². The molecule has 0 aliphatic heterocycles. The first-order chi connectivity index (χ1) is 34.8. The first kappa shape index (κ1) is 72.0. The van der Waals surface area contributed by atoms with E-state index in [0.717, 1.165) is 26.4 Å². The molecule has 0 aliphatic rings. The Hall–Kier alpha value is -0.0800. The van der Waals surface area contributed by atoms with Crippen LogP contribution in [0.25, 0.3) is 0 Å². The van der Waals surface area contributed by atoms with Crippen molar-refractivity contribution in [1.29, 1.82) is 0 Å². The number of hydrogen-bond acceptors (Lipinski definition) is 2. The molecule has 0 aromatic heterocycles. The van der Waals surface area contributed by atoms with Crippen LogP contribution in [0.1, 0.15) is 413 Å².